The number of benzene rings is 2. The molecule has 1 N–H and O–H groups in total. The summed E-state index contributed by atoms with van der Waals surface area (Å²) < 4.78 is 34.1. The molecule has 2 aromatic carbocycles. The number of carbonyl (C=O) groups excluding carboxylic acids is 1. The molecule has 1 amide bonds. The highest BCUT2D eigenvalue weighted by Gasteiger charge is 2.31. The molecule has 1 atom stereocenters. The Morgan fingerprint density at radius 2 is 1.82 bits per heavy atom. The number of amides is 1. The summed E-state index contributed by atoms with van der Waals surface area (Å²) in [6.45, 7) is 5.51. The summed E-state index contributed by atoms with van der Waals surface area (Å²) in [6, 6.07) is 14.7. The first-order chi connectivity index (χ1) is 17.9. The van der Waals surface area contributed by atoms with Crippen molar-refractivity contribution in [2.75, 3.05) is 6.54 Å². The molecular formula is C27H37N3O6S2. The van der Waals surface area contributed by atoms with Gasteiger partial charge in [-0.25, -0.2) is 13.2 Å². The second-order valence-corrected chi connectivity index (χ2v) is 13.9. The average molecular weight is 564 g/mol. The van der Waals surface area contributed by atoms with Gasteiger partial charge in [0.05, 0.1) is 9.82 Å². The number of nitrogens with one attached hydrogen (secondary N) is 1. The van der Waals surface area contributed by atoms with Crippen molar-refractivity contribution < 1.29 is 22.9 Å². The van der Waals surface area contributed by atoms with Crippen LogP contribution in [0.25, 0.3) is 0 Å². The molecule has 208 valence electrons. The Balaban J connectivity index is 1.80. The molecule has 0 aromatic heterocycles. The van der Waals surface area contributed by atoms with E-state index in [4.69, 9.17) is 4.74 Å². The van der Waals surface area contributed by atoms with Gasteiger partial charge in [0.1, 0.15) is 5.60 Å². The van der Waals surface area contributed by atoms with Gasteiger partial charge in [0.15, 0.2) is 0 Å². The Morgan fingerprint density at radius 1 is 1.13 bits per heavy atom. The molecule has 11 heteroatoms. The number of ether oxygens (including phenoxy) is 1. The van der Waals surface area contributed by atoms with Crippen LogP contribution >= 0.6 is 11.9 Å². The first-order valence-corrected chi connectivity index (χ1v) is 15.2. The largest absolute Gasteiger partial charge is 0.444 e. The minimum Gasteiger partial charge on any atom is -0.444 e. The average Bonchev–Trinajstić information content (AvgIpc) is 3.37. The summed E-state index contributed by atoms with van der Waals surface area (Å²) in [5.74, 6) is 0. The molecule has 1 aliphatic carbocycles. The van der Waals surface area contributed by atoms with Gasteiger partial charge in [-0.05, 0) is 64.5 Å². The maximum absolute atomic E-state index is 13.7. The molecular weight excluding hydrogens is 526 g/mol. The van der Waals surface area contributed by atoms with E-state index >= 15 is 0 Å². The van der Waals surface area contributed by atoms with Crippen LogP contribution in [0.5, 0.6) is 0 Å². The molecule has 2 aromatic rings. The highest BCUT2D eigenvalue weighted by atomic mass is 32.3. The third-order valence-electron chi connectivity index (χ3n) is 6.17. The topological polar surface area (TPSA) is 119 Å². The number of hydrogen-bond donors (Lipinski definition) is 1. The Labute approximate surface area is 229 Å². The van der Waals surface area contributed by atoms with E-state index in [9.17, 15) is 23.3 Å². The van der Waals surface area contributed by atoms with Crippen LogP contribution in [0.2, 0.25) is 0 Å². The fourth-order valence-electron chi connectivity index (χ4n) is 4.27. The summed E-state index contributed by atoms with van der Waals surface area (Å²) in [6.07, 6.45) is 5.03. The fraction of sp³-hybridized carbons (Fsp3) is 0.519. The number of rotatable bonds is 12. The third-order valence-corrected chi connectivity index (χ3v) is 9.77. The summed E-state index contributed by atoms with van der Waals surface area (Å²) >= 11 is 1.29. The normalized spacial score (nSPS) is 15.4. The van der Waals surface area contributed by atoms with Crippen LogP contribution < -0.4 is 5.32 Å². The lowest BCUT2D eigenvalue weighted by molar-refractivity contribution is -0.385. The summed E-state index contributed by atoms with van der Waals surface area (Å²) in [5.41, 5.74) is 0.179. The van der Waals surface area contributed by atoms with E-state index in [0.717, 1.165) is 37.3 Å². The Kier molecular flexibility index (Phi) is 10.6. The molecule has 0 unspecified atom stereocenters. The molecule has 3 rings (SSSR count). The van der Waals surface area contributed by atoms with Gasteiger partial charge in [0.2, 0.25) is 0 Å². The minimum absolute atomic E-state index is 0.113. The van der Waals surface area contributed by atoms with E-state index in [1.165, 1.54) is 33.9 Å². The predicted molar refractivity (Wildman–Crippen MR) is 149 cm³/mol. The van der Waals surface area contributed by atoms with E-state index in [-0.39, 0.29) is 28.4 Å². The van der Waals surface area contributed by atoms with Gasteiger partial charge >= 0.3 is 6.09 Å². The number of alkyl carbamates (subject to hydrolysis) is 1. The Morgan fingerprint density at radius 3 is 2.45 bits per heavy atom. The highest BCUT2D eigenvalue weighted by molar-refractivity contribution is 8.08. The quantitative estimate of drug-likeness (QED) is 0.188. The van der Waals surface area contributed by atoms with Crippen LogP contribution in [0, 0.1) is 10.1 Å². The van der Waals surface area contributed by atoms with Crippen molar-refractivity contribution in [1.82, 2.24) is 9.03 Å². The van der Waals surface area contributed by atoms with Crippen molar-refractivity contribution in [2.45, 2.75) is 87.5 Å². The highest BCUT2D eigenvalue weighted by Crippen LogP contribution is 2.36. The maximum atomic E-state index is 13.7. The smallest absolute Gasteiger partial charge is 0.407 e. The van der Waals surface area contributed by atoms with Crippen molar-refractivity contribution in [3.05, 3.63) is 70.3 Å². The number of non-ortho nitro benzene ring substituents is 1. The molecule has 0 aliphatic heterocycles. The number of nitro groups is 1. The lowest BCUT2D eigenvalue weighted by Crippen LogP contribution is -2.41. The van der Waals surface area contributed by atoms with Crippen molar-refractivity contribution in [1.29, 1.82) is 0 Å². The summed E-state index contributed by atoms with van der Waals surface area (Å²) in [5, 5.41) is 14.4. The number of hydrogen-bond acceptors (Lipinski definition) is 7. The van der Waals surface area contributed by atoms with Crippen LogP contribution in [0.4, 0.5) is 10.5 Å². The van der Waals surface area contributed by atoms with Gasteiger partial charge in [-0.1, -0.05) is 61.2 Å². The zero-order chi connectivity index (χ0) is 27.8. The molecule has 1 aliphatic rings. The lowest BCUT2D eigenvalue weighted by Gasteiger charge is -2.27. The molecule has 1 fully saturated rings. The summed E-state index contributed by atoms with van der Waals surface area (Å²) in [4.78, 5) is 23.2. The summed E-state index contributed by atoms with van der Waals surface area (Å²) in [7, 11) is -4.02. The minimum atomic E-state index is -4.02. The van der Waals surface area contributed by atoms with Crippen molar-refractivity contribution in [2.24, 2.45) is 0 Å². The van der Waals surface area contributed by atoms with Crippen LogP contribution in [0.1, 0.15) is 64.9 Å². The van der Waals surface area contributed by atoms with E-state index in [1.807, 2.05) is 30.3 Å². The van der Waals surface area contributed by atoms with Gasteiger partial charge in [-0.3, -0.25) is 10.1 Å². The molecule has 0 radical (unpaired) electrons. The van der Waals surface area contributed by atoms with Crippen LogP contribution in [-0.4, -0.2) is 46.6 Å². The number of nitro benzene ring substituents is 1. The monoisotopic (exact) mass is 563 g/mol. The van der Waals surface area contributed by atoms with Gasteiger partial charge in [0.25, 0.3) is 15.7 Å². The molecule has 0 bridgehead atoms. The molecule has 0 spiro atoms. The van der Waals surface area contributed by atoms with Crippen LogP contribution in [0.3, 0.4) is 0 Å². The number of carbonyl (C=O) groups is 1. The molecule has 0 saturated heterocycles. The van der Waals surface area contributed by atoms with Crippen LogP contribution in [-0.2, 0) is 21.2 Å². The van der Waals surface area contributed by atoms with Crippen LogP contribution in [0.15, 0.2) is 59.5 Å². The lowest BCUT2D eigenvalue weighted by atomic mass is 10.0. The second-order valence-electron chi connectivity index (χ2n) is 10.5. The van der Waals surface area contributed by atoms with E-state index < -0.39 is 26.6 Å². The molecule has 38 heavy (non-hydrogen) atoms. The number of aryl methyl sites for hydroxylation is 1. The standard InChI is InChI=1S/C27H37N3O6S2/c1-27(2,3)36-26(31)28-22(17-16-21-10-5-4-6-11-21)18-19-29(37-24-13-7-8-14-24)38(34,35)25-15-9-12-23(20-25)30(32)33/h4-6,9-12,15,20,22,24H,7-8,13-14,16-19H2,1-3H3,(H,28,31)/t22-/m0/s1. The first-order valence-electron chi connectivity index (χ1n) is 12.9. The molecule has 9 nitrogen and oxygen atoms in total. The zero-order valence-corrected chi connectivity index (χ0v) is 23.8. The van der Waals surface area contributed by atoms with Crippen molar-refractivity contribution >= 4 is 33.8 Å². The maximum Gasteiger partial charge on any atom is 0.407 e. The number of nitrogens with zero attached hydrogens (tertiary/aromatic N) is 2. The molecule has 0 heterocycles. The first kappa shape index (κ1) is 29.9. The Hall–Kier alpha value is -2.63. The van der Waals surface area contributed by atoms with Gasteiger partial charge in [-0.15, -0.1) is 3.71 Å². The SMILES string of the molecule is CC(C)(C)OC(=O)N[C@@H](CCc1ccccc1)CCN(SC1CCCC1)S(=O)(=O)c1cccc([N+](=O)[O-])c1. The predicted octanol–water partition coefficient (Wildman–Crippen LogP) is 6.09. The van der Waals surface area contributed by atoms with Gasteiger partial charge in [-0.2, -0.15) is 0 Å². The second kappa shape index (κ2) is 13.4. The fourth-order valence-corrected chi connectivity index (χ4v) is 7.54. The third kappa shape index (κ3) is 9.28. The van der Waals surface area contributed by atoms with Gasteiger partial charge < -0.3 is 10.1 Å². The van der Waals surface area contributed by atoms with E-state index in [0.29, 0.717) is 19.3 Å². The number of sulfonamides is 1. The zero-order valence-electron chi connectivity index (χ0n) is 22.2. The molecule has 1 saturated carbocycles. The van der Waals surface area contributed by atoms with Gasteiger partial charge in [0, 0.05) is 30.0 Å². The van der Waals surface area contributed by atoms with E-state index in [2.05, 4.69) is 5.32 Å². The Bertz CT molecular complexity index is 1180. The van der Waals surface area contributed by atoms with Crippen molar-refractivity contribution in [3.63, 3.8) is 0 Å². The van der Waals surface area contributed by atoms with E-state index in [1.54, 1.807) is 20.8 Å². The van der Waals surface area contributed by atoms with Crippen molar-refractivity contribution in [3.8, 4) is 0 Å².